The minimum absolute atomic E-state index is 0.108. The van der Waals surface area contributed by atoms with Crippen molar-refractivity contribution >= 4 is 56.5 Å². The highest BCUT2D eigenvalue weighted by atomic mass is 79.9. The molecule has 0 spiro atoms. The summed E-state index contributed by atoms with van der Waals surface area (Å²) >= 11 is 4.91. The van der Waals surface area contributed by atoms with Crippen LogP contribution < -0.4 is 15.0 Å². The molecule has 0 radical (unpaired) electrons. The molecule has 3 aromatic rings. The minimum atomic E-state index is -0.217. The first-order valence-corrected chi connectivity index (χ1v) is 12.2. The normalized spacial score (nSPS) is 13.9. The summed E-state index contributed by atoms with van der Waals surface area (Å²) in [6, 6.07) is 17.2. The lowest BCUT2D eigenvalue weighted by atomic mass is 10.2. The Hall–Kier alpha value is -3.10. The number of benzene rings is 2. The second-order valence-corrected chi connectivity index (χ2v) is 9.38. The van der Waals surface area contributed by atoms with Gasteiger partial charge in [-0.05, 0) is 60.0 Å². The fraction of sp³-hybridized carbons (Fsp3) is 0.200. The predicted molar refractivity (Wildman–Crippen MR) is 137 cm³/mol. The summed E-state index contributed by atoms with van der Waals surface area (Å²) in [7, 11) is 1.60. The van der Waals surface area contributed by atoms with Crippen LogP contribution in [-0.4, -0.2) is 50.0 Å². The van der Waals surface area contributed by atoms with E-state index in [1.54, 1.807) is 13.2 Å². The molecule has 1 aliphatic rings. The van der Waals surface area contributed by atoms with Crippen molar-refractivity contribution in [2.24, 2.45) is 0 Å². The topological polar surface area (TPSA) is 61.9 Å². The van der Waals surface area contributed by atoms with Crippen molar-refractivity contribution in [3.63, 3.8) is 0 Å². The third kappa shape index (κ3) is 5.83. The highest BCUT2D eigenvalue weighted by Gasteiger charge is 2.22. The number of hydrogen-bond donors (Lipinski definition) is 1. The van der Waals surface area contributed by atoms with Crippen molar-refractivity contribution in [2.75, 3.05) is 43.5 Å². The molecule has 1 saturated heterocycles. The summed E-state index contributed by atoms with van der Waals surface area (Å²) in [4.78, 5) is 29.8. The quantitative estimate of drug-likeness (QED) is 0.453. The van der Waals surface area contributed by atoms with Crippen molar-refractivity contribution in [3.05, 3.63) is 81.0 Å². The Bertz CT molecular complexity index is 1140. The van der Waals surface area contributed by atoms with E-state index in [1.165, 1.54) is 17.4 Å². The van der Waals surface area contributed by atoms with Gasteiger partial charge in [-0.25, -0.2) is 0 Å². The van der Waals surface area contributed by atoms with E-state index in [2.05, 4.69) is 26.1 Å². The first-order chi connectivity index (χ1) is 16.0. The molecule has 8 heteroatoms. The standard InChI is InChI=1S/C25H24BrN3O3S/c1-32-22-10-5-19(26)17-18(22)4-11-24(30)27-20-6-8-21(9-7-20)28-12-14-29(15-13-28)25(31)23-3-2-16-33-23/h2-11,16-17H,12-15H2,1H3,(H,27,30)/b11-4+. The molecule has 170 valence electrons. The largest absolute Gasteiger partial charge is 0.496 e. The fourth-order valence-corrected chi connectivity index (χ4v) is 4.73. The van der Waals surface area contributed by atoms with Gasteiger partial charge < -0.3 is 19.9 Å². The number of thiophene rings is 1. The Morgan fingerprint density at radius 1 is 1.06 bits per heavy atom. The molecule has 0 unspecified atom stereocenters. The van der Waals surface area contributed by atoms with Gasteiger partial charge in [0, 0.05) is 53.7 Å². The Labute approximate surface area is 205 Å². The molecule has 1 fully saturated rings. The lowest BCUT2D eigenvalue weighted by molar-refractivity contribution is -0.111. The van der Waals surface area contributed by atoms with Crippen LogP contribution in [0.2, 0.25) is 0 Å². The zero-order chi connectivity index (χ0) is 23.2. The zero-order valence-corrected chi connectivity index (χ0v) is 20.6. The number of halogens is 1. The number of nitrogens with zero attached hydrogens (tertiary/aromatic N) is 2. The van der Waals surface area contributed by atoms with Crippen LogP contribution in [0, 0.1) is 0 Å². The molecule has 2 aromatic carbocycles. The maximum atomic E-state index is 12.5. The molecule has 33 heavy (non-hydrogen) atoms. The monoisotopic (exact) mass is 525 g/mol. The van der Waals surface area contributed by atoms with E-state index in [0.29, 0.717) is 18.8 Å². The Kier molecular flexibility index (Phi) is 7.47. The third-order valence-electron chi connectivity index (χ3n) is 5.40. The molecule has 4 rings (SSSR count). The molecule has 0 bridgehead atoms. The summed E-state index contributed by atoms with van der Waals surface area (Å²) in [5, 5.41) is 4.81. The van der Waals surface area contributed by atoms with Crippen LogP contribution in [0.15, 0.2) is 70.5 Å². The van der Waals surface area contributed by atoms with Gasteiger partial charge in [0.1, 0.15) is 5.75 Å². The smallest absolute Gasteiger partial charge is 0.264 e. The molecular formula is C25H24BrN3O3S. The number of methoxy groups -OCH3 is 1. The Morgan fingerprint density at radius 2 is 1.82 bits per heavy atom. The number of amides is 2. The summed E-state index contributed by atoms with van der Waals surface area (Å²) < 4.78 is 6.24. The van der Waals surface area contributed by atoms with Gasteiger partial charge in [-0.3, -0.25) is 9.59 Å². The lowest BCUT2D eigenvalue weighted by Gasteiger charge is -2.36. The van der Waals surface area contributed by atoms with Gasteiger partial charge in [0.25, 0.3) is 5.91 Å². The minimum Gasteiger partial charge on any atom is -0.496 e. The van der Waals surface area contributed by atoms with Gasteiger partial charge in [-0.15, -0.1) is 11.3 Å². The van der Waals surface area contributed by atoms with Crippen LogP contribution in [0.5, 0.6) is 5.75 Å². The van der Waals surface area contributed by atoms with Gasteiger partial charge in [0.15, 0.2) is 0 Å². The third-order valence-corrected chi connectivity index (χ3v) is 6.76. The highest BCUT2D eigenvalue weighted by molar-refractivity contribution is 9.10. The van der Waals surface area contributed by atoms with E-state index in [9.17, 15) is 9.59 Å². The maximum absolute atomic E-state index is 12.5. The number of hydrogen-bond acceptors (Lipinski definition) is 5. The average Bonchev–Trinajstić information content (AvgIpc) is 3.38. The molecule has 2 heterocycles. The van der Waals surface area contributed by atoms with E-state index in [4.69, 9.17) is 4.74 Å². The molecule has 0 saturated carbocycles. The van der Waals surface area contributed by atoms with Crippen LogP contribution in [0.1, 0.15) is 15.2 Å². The second-order valence-electron chi connectivity index (χ2n) is 7.51. The van der Waals surface area contributed by atoms with Crippen molar-refractivity contribution in [1.82, 2.24) is 4.90 Å². The Morgan fingerprint density at radius 3 is 2.48 bits per heavy atom. The number of carbonyl (C=O) groups is 2. The number of ether oxygens (including phenoxy) is 1. The molecular weight excluding hydrogens is 502 g/mol. The molecule has 0 atom stereocenters. The maximum Gasteiger partial charge on any atom is 0.264 e. The van der Waals surface area contributed by atoms with Crippen molar-refractivity contribution in [1.29, 1.82) is 0 Å². The van der Waals surface area contributed by atoms with Crippen LogP contribution in [-0.2, 0) is 4.79 Å². The number of anilines is 2. The van der Waals surface area contributed by atoms with E-state index in [0.717, 1.165) is 39.4 Å². The summed E-state index contributed by atoms with van der Waals surface area (Å²) in [5.74, 6) is 0.588. The van der Waals surface area contributed by atoms with E-state index >= 15 is 0 Å². The zero-order valence-electron chi connectivity index (χ0n) is 18.2. The van der Waals surface area contributed by atoms with Crippen molar-refractivity contribution < 1.29 is 14.3 Å². The predicted octanol–water partition coefficient (Wildman–Crippen LogP) is 5.13. The van der Waals surface area contributed by atoms with Gasteiger partial charge in [-0.2, -0.15) is 0 Å². The van der Waals surface area contributed by atoms with Crippen LogP contribution in [0.4, 0.5) is 11.4 Å². The second kappa shape index (κ2) is 10.7. The van der Waals surface area contributed by atoms with E-state index in [1.807, 2.05) is 64.9 Å². The molecule has 1 aliphatic heterocycles. The number of nitrogens with one attached hydrogen (secondary N) is 1. The molecule has 1 aromatic heterocycles. The van der Waals surface area contributed by atoms with Crippen LogP contribution >= 0.6 is 27.3 Å². The van der Waals surface area contributed by atoms with E-state index < -0.39 is 0 Å². The summed E-state index contributed by atoms with van der Waals surface area (Å²) in [6.07, 6.45) is 3.21. The van der Waals surface area contributed by atoms with Crippen molar-refractivity contribution in [3.8, 4) is 5.75 Å². The molecule has 1 N–H and O–H groups in total. The number of carbonyl (C=O) groups excluding carboxylic acids is 2. The highest BCUT2D eigenvalue weighted by Crippen LogP contribution is 2.24. The lowest BCUT2D eigenvalue weighted by Crippen LogP contribution is -2.48. The first-order valence-electron chi connectivity index (χ1n) is 10.5. The molecule has 2 amide bonds. The molecule has 6 nitrogen and oxygen atoms in total. The molecule has 0 aliphatic carbocycles. The summed E-state index contributed by atoms with van der Waals surface area (Å²) in [5.41, 5.74) is 2.61. The Balaban J connectivity index is 1.31. The number of rotatable bonds is 6. The summed E-state index contributed by atoms with van der Waals surface area (Å²) in [6.45, 7) is 2.94. The average molecular weight is 526 g/mol. The first kappa shape index (κ1) is 23.1. The van der Waals surface area contributed by atoms with Gasteiger partial charge >= 0.3 is 0 Å². The van der Waals surface area contributed by atoms with Crippen LogP contribution in [0.3, 0.4) is 0 Å². The van der Waals surface area contributed by atoms with Gasteiger partial charge in [0.2, 0.25) is 5.91 Å². The van der Waals surface area contributed by atoms with Crippen molar-refractivity contribution in [2.45, 2.75) is 0 Å². The van der Waals surface area contributed by atoms with Crippen LogP contribution in [0.25, 0.3) is 6.08 Å². The van der Waals surface area contributed by atoms with Gasteiger partial charge in [0.05, 0.1) is 12.0 Å². The number of piperazine rings is 1. The fourth-order valence-electron chi connectivity index (χ4n) is 3.66. The van der Waals surface area contributed by atoms with Gasteiger partial charge in [-0.1, -0.05) is 22.0 Å². The van der Waals surface area contributed by atoms with E-state index in [-0.39, 0.29) is 11.8 Å². The SMILES string of the molecule is COc1ccc(Br)cc1/C=C/C(=O)Nc1ccc(N2CCN(C(=O)c3cccs3)CC2)cc1.